The molecule has 0 spiro atoms. The molecule has 0 aliphatic carbocycles. The van der Waals surface area contributed by atoms with Crippen LogP contribution in [-0.2, 0) is 27.3 Å². The van der Waals surface area contributed by atoms with Crippen LogP contribution in [-0.4, -0.2) is 74.3 Å². The molecular formula is C35H32N6O3S3. The number of hydrogen-bond acceptors (Lipinski definition) is 9. The highest BCUT2D eigenvalue weighted by molar-refractivity contribution is 8.01. The quantitative estimate of drug-likeness (QED) is 0.158. The van der Waals surface area contributed by atoms with Crippen LogP contribution in [0.5, 0.6) is 0 Å². The summed E-state index contributed by atoms with van der Waals surface area (Å²) in [5.41, 5.74) is 3.87. The van der Waals surface area contributed by atoms with E-state index in [1.54, 1.807) is 0 Å². The number of amides is 2. The number of rotatable bonds is 11. The Hall–Kier alpha value is -4.23. The third-order valence-electron chi connectivity index (χ3n) is 7.87. The number of morpholine rings is 1. The predicted molar refractivity (Wildman–Crippen MR) is 189 cm³/mol. The van der Waals surface area contributed by atoms with Crippen LogP contribution in [0.4, 0.5) is 5.69 Å². The highest BCUT2D eigenvalue weighted by Crippen LogP contribution is 2.32. The number of benzene rings is 4. The number of fused-ring (bicyclic) bond motifs is 2. The molecule has 6 aromatic rings. The van der Waals surface area contributed by atoms with E-state index in [1.165, 1.54) is 51.2 Å². The minimum absolute atomic E-state index is 0.100. The Bertz CT molecular complexity index is 2020. The zero-order chi connectivity index (χ0) is 32.0. The van der Waals surface area contributed by atoms with Crippen molar-refractivity contribution in [1.82, 2.24) is 24.6 Å². The molecule has 47 heavy (non-hydrogen) atoms. The first-order chi connectivity index (χ1) is 23.1. The van der Waals surface area contributed by atoms with Crippen molar-refractivity contribution in [2.75, 3.05) is 43.1 Å². The SMILES string of the molecule is O=C(CSc1nnc(Cc2cccc3ccccc23)n1Cc1ccccc1)Nc1ccc2nc(SCC(=O)N3CCOCC3)sc2c1. The minimum Gasteiger partial charge on any atom is -0.378 e. The number of carbonyl (C=O) groups is 2. The molecule has 238 valence electrons. The van der Waals surface area contributed by atoms with Crippen molar-refractivity contribution >= 4 is 73.4 Å². The number of thiazole rings is 1. The van der Waals surface area contributed by atoms with Gasteiger partial charge >= 0.3 is 0 Å². The summed E-state index contributed by atoms with van der Waals surface area (Å²) in [7, 11) is 0. The number of hydrogen-bond donors (Lipinski definition) is 1. The first-order valence-electron chi connectivity index (χ1n) is 15.3. The predicted octanol–water partition coefficient (Wildman–Crippen LogP) is 6.36. The highest BCUT2D eigenvalue weighted by atomic mass is 32.2. The van der Waals surface area contributed by atoms with Gasteiger partial charge in [-0.3, -0.25) is 9.59 Å². The number of anilines is 1. The van der Waals surface area contributed by atoms with E-state index >= 15 is 0 Å². The summed E-state index contributed by atoms with van der Waals surface area (Å²) in [4.78, 5) is 32.2. The van der Waals surface area contributed by atoms with Crippen LogP contribution in [0.15, 0.2) is 100 Å². The van der Waals surface area contributed by atoms with Crippen molar-refractivity contribution in [3.8, 4) is 0 Å². The van der Waals surface area contributed by atoms with Crippen molar-refractivity contribution in [3.63, 3.8) is 0 Å². The number of aromatic nitrogens is 4. The van der Waals surface area contributed by atoms with Gasteiger partial charge in [-0.25, -0.2) is 4.98 Å². The van der Waals surface area contributed by atoms with E-state index in [9.17, 15) is 9.59 Å². The van der Waals surface area contributed by atoms with Gasteiger partial charge < -0.3 is 19.5 Å². The zero-order valence-corrected chi connectivity index (χ0v) is 28.0. The van der Waals surface area contributed by atoms with Crippen LogP contribution < -0.4 is 5.32 Å². The fraction of sp³-hybridized carbons (Fsp3) is 0.229. The second-order valence-corrected chi connectivity index (χ2v) is 14.3. The zero-order valence-electron chi connectivity index (χ0n) is 25.5. The normalized spacial score (nSPS) is 13.3. The lowest BCUT2D eigenvalue weighted by Crippen LogP contribution is -2.41. The maximum absolute atomic E-state index is 13.1. The van der Waals surface area contributed by atoms with Crippen molar-refractivity contribution < 1.29 is 14.3 Å². The first kappa shape index (κ1) is 31.4. The van der Waals surface area contributed by atoms with Crippen LogP contribution in [0.25, 0.3) is 21.0 Å². The summed E-state index contributed by atoms with van der Waals surface area (Å²) in [5, 5.41) is 15.2. The topological polar surface area (TPSA) is 102 Å². The molecule has 7 rings (SSSR count). The summed E-state index contributed by atoms with van der Waals surface area (Å²) in [5.74, 6) is 1.35. The summed E-state index contributed by atoms with van der Waals surface area (Å²) < 4.78 is 9.24. The lowest BCUT2D eigenvalue weighted by atomic mass is 10.0. The van der Waals surface area contributed by atoms with Crippen LogP contribution in [0.3, 0.4) is 0 Å². The molecule has 0 saturated carbocycles. The van der Waals surface area contributed by atoms with E-state index in [-0.39, 0.29) is 17.6 Å². The van der Waals surface area contributed by atoms with Gasteiger partial charge in [0, 0.05) is 25.2 Å². The second-order valence-electron chi connectivity index (χ2n) is 11.1. The Morgan fingerprint density at radius 3 is 2.55 bits per heavy atom. The molecule has 4 aromatic carbocycles. The number of nitrogens with zero attached hydrogens (tertiary/aromatic N) is 5. The fourth-order valence-corrected chi connectivity index (χ4v) is 8.26. The maximum atomic E-state index is 13.1. The molecule has 3 heterocycles. The Balaban J connectivity index is 1.01. The van der Waals surface area contributed by atoms with Gasteiger partial charge in [0.15, 0.2) is 9.50 Å². The van der Waals surface area contributed by atoms with Crippen molar-refractivity contribution in [2.24, 2.45) is 0 Å². The third kappa shape index (κ3) is 7.68. The van der Waals surface area contributed by atoms with Gasteiger partial charge in [0.25, 0.3) is 0 Å². The van der Waals surface area contributed by atoms with Crippen LogP contribution in [0.2, 0.25) is 0 Å². The monoisotopic (exact) mass is 680 g/mol. The van der Waals surface area contributed by atoms with Crippen LogP contribution in [0.1, 0.15) is 17.0 Å². The summed E-state index contributed by atoms with van der Waals surface area (Å²) >= 11 is 4.35. The number of thioether (sulfide) groups is 2. The van der Waals surface area contributed by atoms with Gasteiger partial charge in [-0.1, -0.05) is 96.3 Å². The molecule has 0 radical (unpaired) electrons. The van der Waals surface area contributed by atoms with E-state index in [0.717, 1.165) is 25.9 Å². The van der Waals surface area contributed by atoms with E-state index in [4.69, 9.17) is 4.74 Å². The van der Waals surface area contributed by atoms with Gasteiger partial charge in [0.1, 0.15) is 5.82 Å². The Morgan fingerprint density at radius 1 is 0.872 bits per heavy atom. The van der Waals surface area contributed by atoms with Crippen LogP contribution >= 0.6 is 34.9 Å². The molecule has 2 aromatic heterocycles. The van der Waals surface area contributed by atoms with Crippen molar-refractivity contribution in [1.29, 1.82) is 0 Å². The summed E-state index contributed by atoms with van der Waals surface area (Å²) in [6.07, 6.45) is 0.629. The smallest absolute Gasteiger partial charge is 0.234 e. The number of ether oxygens (including phenoxy) is 1. The Kier molecular flexibility index (Phi) is 9.80. The molecule has 9 nitrogen and oxygen atoms in total. The molecule has 1 saturated heterocycles. The molecule has 1 aliphatic rings. The average molecular weight is 681 g/mol. The molecule has 1 N–H and O–H groups in total. The highest BCUT2D eigenvalue weighted by Gasteiger charge is 2.19. The van der Waals surface area contributed by atoms with Gasteiger partial charge in [-0.2, -0.15) is 0 Å². The second kappa shape index (κ2) is 14.7. The molecule has 0 unspecified atom stereocenters. The lowest BCUT2D eigenvalue weighted by molar-refractivity contribution is -0.132. The minimum atomic E-state index is -0.130. The van der Waals surface area contributed by atoms with E-state index < -0.39 is 0 Å². The largest absolute Gasteiger partial charge is 0.378 e. The molecule has 0 atom stereocenters. The van der Waals surface area contributed by atoms with Gasteiger partial charge in [0.2, 0.25) is 11.8 Å². The van der Waals surface area contributed by atoms with Gasteiger partial charge in [0.05, 0.1) is 41.5 Å². The molecule has 1 aliphatic heterocycles. The van der Waals surface area contributed by atoms with Crippen molar-refractivity contribution in [3.05, 3.63) is 108 Å². The fourth-order valence-electron chi connectivity index (χ4n) is 5.50. The van der Waals surface area contributed by atoms with E-state index in [0.29, 0.717) is 55.9 Å². The molecule has 12 heteroatoms. The van der Waals surface area contributed by atoms with Crippen molar-refractivity contribution in [2.45, 2.75) is 22.5 Å². The lowest BCUT2D eigenvalue weighted by Gasteiger charge is -2.26. The first-order valence-corrected chi connectivity index (χ1v) is 18.1. The number of nitrogens with one attached hydrogen (secondary N) is 1. The standard InChI is InChI=1S/C35H32N6O3S3/c42-32(36-27-13-14-29-30(20-27)47-35(37-29)46-23-33(43)40-15-17-44-18-16-40)22-45-34-39-38-31(41(34)21-24-7-2-1-3-8-24)19-26-11-6-10-25-9-4-5-12-28(25)26/h1-14,20H,15-19,21-23H2,(H,36,42). The molecule has 2 amide bonds. The van der Waals surface area contributed by atoms with Gasteiger partial charge in [-0.05, 0) is 40.1 Å². The Morgan fingerprint density at radius 2 is 1.68 bits per heavy atom. The average Bonchev–Trinajstić information content (AvgIpc) is 3.70. The summed E-state index contributed by atoms with van der Waals surface area (Å²) in [6, 6.07) is 30.6. The van der Waals surface area contributed by atoms with E-state index in [1.807, 2.05) is 47.4 Å². The Labute approximate surface area is 284 Å². The van der Waals surface area contributed by atoms with Crippen LogP contribution in [0, 0.1) is 0 Å². The molecule has 0 bridgehead atoms. The maximum Gasteiger partial charge on any atom is 0.234 e. The van der Waals surface area contributed by atoms with Gasteiger partial charge in [-0.15, -0.1) is 21.5 Å². The summed E-state index contributed by atoms with van der Waals surface area (Å²) in [6.45, 7) is 3.06. The third-order valence-corrected chi connectivity index (χ3v) is 11.0. The van der Waals surface area contributed by atoms with E-state index in [2.05, 4.69) is 73.6 Å². The molecule has 1 fully saturated rings. The molecular weight excluding hydrogens is 649 g/mol. The number of carbonyl (C=O) groups excluding carboxylic acids is 2.